The largest absolute Gasteiger partial charge is 0.355 e. The second-order valence-electron chi connectivity index (χ2n) is 8.60. The lowest BCUT2D eigenvalue weighted by molar-refractivity contribution is -0.136. The molecule has 5 heteroatoms. The topological polar surface area (TPSA) is 75.4 Å². The van der Waals surface area contributed by atoms with Crippen LogP contribution in [0.25, 0.3) is 0 Å². The van der Waals surface area contributed by atoms with Crippen LogP contribution in [0, 0.1) is 16.7 Å². The molecule has 1 aliphatic rings. The van der Waals surface area contributed by atoms with Gasteiger partial charge >= 0.3 is 0 Å². The van der Waals surface area contributed by atoms with E-state index in [1.807, 2.05) is 46.4 Å². The molecule has 1 saturated heterocycles. The van der Waals surface area contributed by atoms with Gasteiger partial charge in [0, 0.05) is 25.0 Å². The smallest absolute Gasteiger partial charge is 0.240 e. The second-order valence-corrected chi connectivity index (χ2v) is 8.60. The van der Waals surface area contributed by atoms with Crippen LogP contribution in [-0.2, 0) is 9.59 Å². The van der Waals surface area contributed by atoms with Gasteiger partial charge in [0.25, 0.3) is 0 Å². The summed E-state index contributed by atoms with van der Waals surface area (Å²) in [5, 5.41) is 3.00. The number of carbonyl (C=O) groups excluding carboxylic acids is 2. The molecule has 0 spiro atoms. The van der Waals surface area contributed by atoms with Crippen molar-refractivity contribution in [2.45, 2.75) is 60.4 Å². The number of nitrogens with zero attached hydrogens (tertiary/aromatic N) is 1. The van der Waals surface area contributed by atoms with Crippen LogP contribution in [0.1, 0.15) is 54.4 Å². The highest BCUT2D eigenvalue weighted by molar-refractivity contribution is 5.82. The number of likely N-dealkylation sites (tertiary alicyclic amines) is 1. The molecule has 0 bridgehead atoms. The Labute approximate surface area is 135 Å². The summed E-state index contributed by atoms with van der Waals surface area (Å²) in [6.07, 6.45) is 2.01. The van der Waals surface area contributed by atoms with Gasteiger partial charge in [0.2, 0.25) is 11.8 Å². The minimum absolute atomic E-state index is 0.0272. The maximum absolute atomic E-state index is 12.5. The van der Waals surface area contributed by atoms with E-state index in [2.05, 4.69) is 5.32 Å². The standard InChI is InChI=1S/C17H33N3O2/c1-16(2,3)13(18)14(21)20-9-7-8-12(11-20)10-19-15(22)17(4,5)6/h12-13H,7-11,18H2,1-6H3,(H,19,22)/t12?,13-/m1/s1. The molecule has 22 heavy (non-hydrogen) atoms. The molecule has 1 heterocycles. The Hall–Kier alpha value is -1.10. The Kier molecular flexibility index (Phi) is 6.02. The fourth-order valence-electron chi connectivity index (χ4n) is 2.50. The molecule has 0 aromatic heterocycles. The highest BCUT2D eigenvalue weighted by Crippen LogP contribution is 2.23. The molecule has 0 aliphatic carbocycles. The van der Waals surface area contributed by atoms with Gasteiger partial charge in [0.1, 0.15) is 0 Å². The first-order chi connectivity index (χ1) is 9.93. The minimum atomic E-state index is -0.476. The Balaban J connectivity index is 2.55. The predicted molar refractivity (Wildman–Crippen MR) is 89.2 cm³/mol. The first-order valence-corrected chi connectivity index (χ1v) is 8.25. The molecule has 0 radical (unpaired) electrons. The Morgan fingerprint density at radius 2 is 1.82 bits per heavy atom. The van der Waals surface area contributed by atoms with E-state index < -0.39 is 6.04 Å². The highest BCUT2D eigenvalue weighted by atomic mass is 16.2. The van der Waals surface area contributed by atoms with Gasteiger partial charge in [-0.05, 0) is 24.2 Å². The van der Waals surface area contributed by atoms with Crippen molar-refractivity contribution in [3.05, 3.63) is 0 Å². The van der Waals surface area contributed by atoms with Crippen LogP contribution < -0.4 is 11.1 Å². The van der Waals surface area contributed by atoms with E-state index >= 15 is 0 Å². The summed E-state index contributed by atoms with van der Waals surface area (Å²) in [5.74, 6) is 0.401. The van der Waals surface area contributed by atoms with E-state index in [0.29, 0.717) is 19.0 Å². The van der Waals surface area contributed by atoms with Gasteiger partial charge in [-0.15, -0.1) is 0 Å². The quantitative estimate of drug-likeness (QED) is 0.834. The van der Waals surface area contributed by atoms with Gasteiger partial charge in [-0.3, -0.25) is 9.59 Å². The number of rotatable bonds is 3. The van der Waals surface area contributed by atoms with Crippen molar-refractivity contribution in [1.29, 1.82) is 0 Å². The van der Waals surface area contributed by atoms with Crippen LogP contribution in [0.4, 0.5) is 0 Å². The van der Waals surface area contributed by atoms with Gasteiger partial charge in [-0.25, -0.2) is 0 Å². The fraction of sp³-hybridized carbons (Fsp3) is 0.882. The van der Waals surface area contributed by atoms with Crippen LogP contribution in [0.15, 0.2) is 0 Å². The van der Waals surface area contributed by atoms with Crippen molar-refractivity contribution >= 4 is 11.8 Å². The SMILES string of the molecule is CC(C)(C)C(=O)NCC1CCCN(C(=O)[C@@H](N)C(C)(C)C)C1. The molecular weight excluding hydrogens is 278 g/mol. The molecule has 0 aromatic carbocycles. The first-order valence-electron chi connectivity index (χ1n) is 8.25. The average molecular weight is 311 g/mol. The summed E-state index contributed by atoms with van der Waals surface area (Å²) >= 11 is 0. The lowest BCUT2D eigenvalue weighted by atomic mass is 9.85. The Morgan fingerprint density at radius 3 is 2.32 bits per heavy atom. The van der Waals surface area contributed by atoms with Crippen molar-refractivity contribution in [3.8, 4) is 0 Å². The van der Waals surface area contributed by atoms with Gasteiger partial charge < -0.3 is 16.0 Å². The van der Waals surface area contributed by atoms with Gasteiger partial charge in [0.05, 0.1) is 6.04 Å². The number of nitrogens with one attached hydrogen (secondary N) is 1. The van der Waals surface area contributed by atoms with Crippen molar-refractivity contribution in [2.75, 3.05) is 19.6 Å². The maximum Gasteiger partial charge on any atom is 0.240 e. The van der Waals surface area contributed by atoms with Crippen LogP contribution in [-0.4, -0.2) is 42.4 Å². The van der Waals surface area contributed by atoms with Crippen molar-refractivity contribution in [3.63, 3.8) is 0 Å². The number of piperidine rings is 1. The summed E-state index contributed by atoms with van der Waals surface area (Å²) in [7, 11) is 0. The zero-order valence-electron chi connectivity index (χ0n) is 15.0. The summed E-state index contributed by atoms with van der Waals surface area (Å²) in [6.45, 7) is 13.8. The van der Waals surface area contributed by atoms with Crippen LogP contribution in [0.3, 0.4) is 0 Å². The molecule has 2 amide bonds. The molecule has 128 valence electrons. The molecule has 3 N–H and O–H groups in total. The number of nitrogens with two attached hydrogens (primary N) is 1. The summed E-state index contributed by atoms with van der Waals surface area (Å²) < 4.78 is 0. The summed E-state index contributed by atoms with van der Waals surface area (Å²) in [5.41, 5.74) is 5.48. The normalized spacial score (nSPS) is 21.4. The van der Waals surface area contributed by atoms with Gasteiger partial charge in [0.15, 0.2) is 0 Å². The number of hydrogen-bond acceptors (Lipinski definition) is 3. The first kappa shape index (κ1) is 18.9. The molecule has 5 nitrogen and oxygen atoms in total. The molecule has 1 aliphatic heterocycles. The van der Waals surface area contributed by atoms with E-state index in [4.69, 9.17) is 5.73 Å². The van der Waals surface area contributed by atoms with Crippen LogP contribution in [0.2, 0.25) is 0 Å². The molecule has 2 atom stereocenters. The molecule has 1 fully saturated rings. The molecule has 1 unspecified atom stereocenters. The second kappa shape index (κ2) is 6.99. The van der Waals surface area contributed by atoms with E-state index in [1.54, 1.807) is 0 Å². The summed E-state index contributed by atoms with van der Waals surface area (Å²) in [4.78, 5) is 26.3. The molecular formula is C17H33N3O2. The Bertz CT molecular complexity index is 407. The van der Waals surface area contributed by atoms with Crippen molar-refractivity contribution < 1.29 is 9.59 Å². The minimum Gasteiger partial charge on any atom is -0.355 e. The highest BCUT2D eigenvalue weighted by Gasteiger charge is 2.33. The third kappa shape index (κ3) is 5.27. The van der Waals surface area contributed by atoms with Gasteiger partial charge in [-0.1, -0.05) is 41.5 Å². The van der Waals surface area contributed by atoms with E-state index in [0.717, 1.165) is 19.4 Å². The molecule has 1 rings (SSSR count). The van der Waals surface area contributed by atoms with E-state index in [-0.39, 0.29) is 22.6 Å². The van der Waals surface area contributed by atoms with E-state index in [9.17, 15) is 9.59 Å². The summed E-state index contributed by atoms with van der Waals surface area (Å²) in [6, 6.07) is -0.476. The predicted octanol–water partition coefficient (Wildman–Crippen LogP) is 1.76. The van der Waals surface area contributed by atoms with E-state index in [1.165, 1.54) is 0 Å². The van der Waals surface area contributed by atoms with Crippen molar-refractivity contribution in [2.24, 2.45) is 22.5 Å². The van der Waals surface area contributed by atoms with Gasteiger partial charge in [-0.2, -0.15) is 0 Å². The third-order valence-electron chi connectivity index (χ3n) is 4.26. The Morgan fingerprint density at radius 1 is 1.23 bits per heavy atom. The zero-order chi connectivity index (χ0) is 17.1. The number of carbonyl (C=O) groups is 2. The van der Waals surface area contributed by atoms with Crippen LogP contribution >= 0.6 is 0 Å². The monoisotopic (exact) mass is 311 g/mol. The fourth-order valence-corrected chi connectivity index (χ4v) is 2.50. The third-order valence-corrected chi connectivity index (χ3v) is 4.26. The van der Waals surface area contributed by atoms with Crippen LogP contribution in [0.5, 0.6) is 0 Å². The van der Waals surface area contributed by atoms with Crippen molar-refractivity contribution in [1.82, 2.24) is 10.2 Å². The zero-order valence-corrected chi connectivity index (χ0v) is 15.0. The lowest BCUT2D eigenvalue weighted by Gasteiger charge is -2.37. The average Bonchev–Trinajstić information content (AvgIpc) is 2.41. The molecule has 0 aromatic rings. The maximum atomic E-state index is 12.5. The number of amides is 2. The number of hydrogen-bond donors (Lipinski definition) is 2. The lowest BCUT2D eigenvalue weighted by Crippen LogP contribution is -2.54. The molecule has 0 saturated carbocycles.